The lowest BCUT2D eigenvalue weighted by Gasteiger charge is -2.31. The molecule has 1 aliphatic heterocycles. The summed E-state index contributed by atoms with van der Waals surface area (Å²) in [5.74, 6) is 1.55. The van der Waals surface area contributed by atoms with Crippen LogP contribution in [0.3, 0.4) is 0 Å². The molecule has 0 atom stereocenters. The van der Waals surface area contributed by atoms with Crippen LogP contribution in [-0.2, 0) is 13.5 Å². The number of hydrogen-bond donors (Lipinski definition) is 2. The lowest BCUT2D eigenvalue weighted by atomic mass is 10.0. The van der Waals surface area contributed by atoms with Crippen LogP contribution in [0.2, 0.25) is 0 Å². The summed E-state index contributed by atoms with van der Waals surface area (Å²) in [6.07, 6.45) is 12.4. The predicted molar refractivity (Wildman–Crippen MR) is 124 cm³/mol. The van der Waals surface area contributed by atoms with Crippen molar-refractivity contribution in [2.75, 3.05) is 11.4 Å². The first-order valence-corrected chi connectivity index (χ1v) is 11.6. The van der Waals surface area contributed by atoms with E-state index in [0.717, 1.165) is 23.8 Å². The summed E-state index contributed by atoms with van der Waals surface area (Å²) in [5.41, 5.74) is -0.124. The minimum absolute atomic E-state index is 0.172. The largest absolute Gasteiger partial charge is 0.329 e. The van der Waals surface area contributed by atoms with E-state index in [1.165, 1.54) is 52.0 Å². The smallest absolute Gasteiger partial charge is 0.312 e. The number of aromatic nitrogens is 4. The van der Waals surface area contributed by atoms with E-state index in [9.17, 15) is 14.4 Å². The zero-order chi connectivity index (χ0) is 22.4. The van der Waals surface area contributed by atoms with Gasteiger partial charge in [0.2, 0.25) is 0 Å². The minimum atomic E-state index is -0.457. The van der Waals surface area contributed by atoms with Gasteiger partial charge in [0, 0.05) is 20.0 Å². The van der Waals surface area contributed by atoms with Gasteiger partial charge in [-0.05, 0) is 13.3 Å². The van der Waals surface area contributed by atoms with E-state index in [-0.39, 0.29) is 17.5 Å². The van der Waals surface area contributed by atoms with Crippen molar-refractivity contribution >= 4 is 11.6 Å². The summed E-state index contributed by atoms with van der Waals surface area (Å²) in [7, 11) is 1.45. The zero-order valence-electron chi connectivity index (χ0n) is 19.1. The summed E-state index contributed by atoms with van der Waals surface area (Å²) >= 11 is 0. The molecular formula is C23H35N5O3. The average molecular weight is 430 g/mol. The van der Waals surface area contributed by atoms with Crippen LogP contribution in [0, 0.1) is 6.92 Å². The molecule has 0 aliphatic carbocycles. The highest BCUT2D eigenvalue weighted by Crippen LogP contribution is 2.32. The highest BCUT2D eigenvalue weighted by atomic mass is 16.2. The number of unbranched alkanes of at least 4 members (excludes halogenated alkanes) is 9. The van der Waals surface area contributed by atoms with E-state index >= 15 is 0 Å². The maximum Gasteiger partial charge on any atom is 0.329 e. The SMILES string of the molecule is CCCCCCCCCCCCN1c2nc(C)[nH]c(=O)c2Cc2c1[nH]c(=O)n(C)c2=O. The Morgan fingerprint density at radius 1 is 0.871 bits per heavy atom. The van der Waals surface area contributed by atoms with Crippen LogP contribution in [0.1, 0.15) is 88.1 Å². The third kappa shape index (κ3) is 5.35. The Balaban J connectivity index is 1.68. The van der Waals surface area contributed by atoms with E-state index in [1.807, 2.05) is 4.90 Å². The van der Waals surface area contributed by atoms with Gasteiger partial charge in [0.15, 0.2) is 0 Å². The Labute approximate surface area is 182 Å². The van der Waals surface area contributed by atoms with Crippen LogP contribution in [0.5, 0.6) is 0 Å². The lowest BCUT2D eigenvalue weighted by molar-refractivity contribution is 0.556. The van der Waals surface area contributed by atoms with Crippen molar-refractivity contribution < 1.29 is 0 Å². The van der Waals surface area contributed by atoms with Crippen LogP contribution in [0.25, 0.3) is 0 Å². The molecule has 2 aromatic rings. The summed E-state index contributed by atoms with van der Waals surface area (Å²) in [6.45, 7) is 4.58. The first kappa shape index (κ1) is 23.0. The summed E-state index contributed by atoms with van der Waals surface area (Å²) in [4.78, 5) is 49.4. The number of anilines is 2. The molecule has 170 valence electrons. The number of nitrogens with zero attached hydrogens (tertiary/aromatic N) is 3. The van der Waals surface area contributed by atoms with Crippen LogP contribution in [-0.4, -0.2) is 26.1 Å². The van der Waals surface area contributed by atoms with E-state index in [2.05, 4.69) is 21.9 Å². The van der Waals surface area contributed by atoms with Gasteiger partial charge >= 0.3 is 5.69 Å². The number of rotatable bonds is 11. The van der Waals surface area contributed by atoms with Crippen molar-refractivity contribution in [1.29, 1.82) is 0 Å². The molecule has 0 bridgehead atoms. The highest BCUT2D eigenvalue weighted by molar-refractivity contribution is 5.67. The van der Waals surface area contributed by atoms with Crippen LogP contribution < -0.4 is 21.7 Å². The lowest BCUT2D eigenvalue weighted by Crippen LogP contribution is -2.42. The molecule has 0 aromatic carbocycles. The van der Waals surface area contributed by atoms with Crippen molar-refractivity contribution in [1.82, 2.24) is 19.5 Å². The van der Waals surface area contributed by atoms with Crippen molar-refractivity contribution in [3.05, 3.63) is 48.1 Å². The molecule has 0 amide bonds. The third-order valence-corrected chi connectivity index (χ3v) is 6.11. The molecule has 2 aromatic heterocycles. The maximum atomic E-state index is 12.7. The minimum Gasteiger partial charge on any atom is -0.312 e. The fourth-order valence-electron chi connectivity index (χ4n) is 4.28. The van der Waals surface area contributed by atoms with Gasteiger partial charge < -0.3 is 9.88 Å². The Kier molecular flexibility index (Phi) is 7.87. The molecule has 0 saturated carbocycles. The molecule has 0 saturated heterocycles. The number of H-pyrrole nitrogens is 2. The number of fused-ring (bicyclic) bond motifs is 2. The Morgan fingerprint density at radius 3 is 2.13 bits per heavy atom. The molecule has 3 heterocycles. The normalized spacial score (nSPS) is 12.7. The fourth-order valence-corrected chi connectivity index (χ4v) is 4.28. The summed E-state index contributed by atoms with van der Waals surface area (Å²) < 4.78 is 1.05. The standard InChI is InChI=1S/C23H35N5O3/c1-4-5-6-7-8-9-10-11-12-13-14-28-19-17(21(29)25-16(2)24-19)15-18-20(28)26-23(31)27(3)22(18)30/h4-15H2,1-3H3,(H,26,31)(H,24,25,29). The quantitative estimate of drug-likeness (QED) is 0.533. The van der Waals surface area contributed by atoms with Crippen molar-refractivity contribution in [3.63, 3.8) is 0 Å². The van der Waals surface area contributed by atoms with E-state index in [0.29, 0.717) is 35.1 Å². The van der Waals surface area contributed by atoms with Gasteiger partial charge in [0.05, 0.1) is 11.1 Å². The van der Waals surface area contributed by atoms with Crippen molar-refractivity contribution in [3.8, 4) is 0 Å². The van der Waals surface area contributed by atoms with Gasteiger partial charge in [0.1, 0.15) is 17.5 Å². The second-order valence-electron chi connectivity index (χ2n) is 8.59. The van der Waals surface area contributed by atoms with E-state index in [1.54, 1.807) is 6.92 Å². The van der Waals surface area contributed by atoms with Crippen LogP contribution in [0.15, 0.2) is 14.4 Å². The Bertz CT molecular complexity index is 1070. The topological polar surface area (TPSA) is 104 Å². The third-order valence-electron chi connectivity index (χ3n) is 6.11. The van der Waals surface area contributed by atoms with E-state index in [4.69, 9.17) is 0 Å². The number of aryl methyl sites for hydroxylation is 1. The molecule has 31 heavy (non-hydrogen) atoms. The molecular weight excluding hydrogens is 394 g/mol. The molecule has 0 fully saturated rings. The van der Waals surface area contributed by atoms with Gasteiger partial charge in [0.25, 0.3) is 11.1 Å². The monoisotopic (exact) mass is 429 g/mol. The van der Waals surface area contributed by atoms with Crippen molar-refractivity contribution in [2.24, 2.45) is 7.05 Å². The fraction of sp³-hybridized carbons (Fsp3) is 0.652. The maximum absolute atomic E-state index is 12.7. The van der Waals surface area contributed by atoms with Crippen LogP contribution >= 0.6 is 0 Å². The predicted octanol–water partition coefficient (Wildman–Crippen LogP) is 3.43. The first-order valence-electron chi connectivity index (χ1n) is 11.6. The number of nitrogens with one attached hydrogen (secondary N) is 2. The van der Waals surface area contributed by atoms with Gasteiger partial charge in [-0.25, -0.2) is 9.78 Å². The Hall–Kier alpha value is -2.64. The average Bonchev–Trinajstić information content (AvgIpc) is 2.73. The first-order chi connectivity index (χ1) is 14.9. The molecule has 1 aliphatic rings. The van der Waals surface area contributed by atoms with E-state index < -0.39 is 5.69 Å². The van der Waals surface area contributed by atoms with Gasteiger partial charge in [-0.2, -0.15) is 0 Å². The molecule has 8 nitrogen and oxygen atoms in total. The molecule has 2 N–H and O–H groups in total. The zero-order valence-corrected chi connectivity index (χ0v) is 19.1. The van der Waals surface area contributed by atoms with Gasteiger partial charge in [-0.1, -0.05) is 64.7 Å². The number of aromatic amines is 2. The molecule has 0 unspecified atom stereocenters. The summed E-state index contributed by atoms with van der Waals surface area (Å²) in [5, 5.41) is 0. The van der Waals surface area contributed by atoms with Gasteiger partial charge in [-0.3, -0.25) is 19.1 Å². The molecule has 0 spiro atoms. The van der Waals surface area contributed by atoms with Crippen LogP contribution in [0.4, 0.5) is 11.6 Å². The summed E-state index contributed by atoms with van der Waals surface area (Å²) in [6, 6.07) is 0. The van der Waals surface area contributed by atoms with Crippen molar-refractivity contribution in [2.45, 2.75) is 84.5 Å². The molecule has 0 radical (unpaired) electrons. The Morgan fingerprint density at radius 2 is 1.48 bits per heavy atom. The van der Waals surface area contributed by atoms with Gasteiger partial charge in [-0.15, -0.1) is 0 Å². The second-order valence-corrected chi connectivity index (χ2v) is 8.59. The molecule has 8 heteroatoms. The molecule has 3 rings (SSSR count). The highest BCUT2D eigenvalue weighted by Gasteiger charge is 2.30. The second kappa shape index (κ2) is 10.6. The number of hydrogen-bond acceptors (Lipinski definition) is 5.